The molecule has 0 heterocycles. The molecular formula is C9H17NO3. The fourth-order valence-electron chi connectivity index (χ4n) is 0.853. The average molecular weight is 187 g/mol. The van der Waals surface area contributed by atoms with Crippen molar-refractivity contribution in [2.75, 3.05) is 13.2 Å². The van der Waals surface area contributed by atoms with Crippen LogP contribution in [0.15, 0.2) is 0 Å². The maximum Gasteiger partial charge on any atom is 0.307 e. The van der Waals surface area contributed by atoms with Crippen LogP contribution in [-0.2, 0) is 14.3 Å². The lowest BCUT2D eigenvalue weighted by Crippen LogP contribution is -2.26. The molecule has 0 aliphatic rings. The number of amides is 1. The van der Waals surface area contributed by atoms with Crippen molar-refractivity contribution < 1.29 is 14.3 Å². The Labute approximate surface area is 78.6 Å². The molecular weight excluding hydrogens is 170 g/mol. The summed E-state index contributed by atoms with van der Waals surface area (Å²) in [4.78, 5) is 21.7. The van der Waals surface area contributed by atoms with E-state index in [9.17, 15) is 9.59 Å². The van der Waals surface area contributed by atoms with Crippen molar-refractivity contribution in [2.45, 2.75) is 33.1 Å². The van der Waals surface area contributed by atoms with E-state index in [1.54, 1.807) is 6.92 Å². The molecule has 4 nitrogen and oxygen atoms in total. The minimum Gasteiger partial charge on any atom is -0.466 e. The summed E-state index contributed by atoms with van der Waals surface area (Å²) in [6.45, 7) is 4.46. The summed E-state index contributed by atoms with van der Waals surface area (Å²) in [6, 6.07) is 0. The largest absolute Gasteiger partial charge is 0.466 e. The van der Waals surface area contributed by atoms with Crippen molar-refractivity contribution in [1.82, 2.24) is 5.32 Å². The van der Waals surface area contributed by atoms with Crippen LogP contribution in [0.5, 0.6) is 0 Å². The summed E-state index contributed by atoms with van der Waals surface area (Å²) >= 11 is 0. The maximum absolute atomic E-state index is 10.9. The molecule has 0 aromatic rings. The van der Waals surface area contributed by atoms with E-state index < -0.39 is 0 Å². The van der Waals surface area contributed by atoms with Crippen molar-refractivity contribution in [3.05, 3.63) is 0 Å². The summed E-state index contributed by atoms with van der Waals surface area (Å²) in [5.74, 6) is -0.272. The maximum atomic E-state index is 10.9. The second-order valence-corrected chi connectivity index (χ2v) is 2.65. The van der Waals surface area contributed by atoms with Crippen LogP contribution in [0.25, 0.3) is 0 Å². The van der Waals surface area contributed by atoms with Gasteiger partial charge in [0.05, 0.1) is 13.0 Å². The van der Waals surface area contributed by atoms with E-state index >= 15 is 0 Å². The smallest absolute Gasteiger partial charge is 0.307 e. The molecule has 0 rings (SSSR count). The van der Waals surface area contributed by atoms with E-state index in [1.807, 2.05) is 6.92 Å². The molecule has 0 aliphatic heterocycles. The van der Waals surface area contributed by atoms with Gasteiger partial charge in [-0.05, 0) is 13.3 Å². The third kappa shape index (κ3) is 7.31. The normalized spacial score (nSPS) is 9.38. The van der Waals surface area contributed by atoms with Crippen LogP contribution in [-0.4, -0.2) is 25.0 Å². The molecule has 0 fully saturated rings. The molecule has 0 saturated heterocycles. The highest BCUT2D eigenvalue weighted by molar-refractivity contribution is 5.76. The van der Waals surface area contributed by atoms with Crippen LogP contribution in [0.1, 0.15) is 33.1 Å². The Morgan fingerprint density at radius 3 is 2.46 bits per heavy atom. The Kier molecular flexibility index (Phi) is 6.96. The Hall–Kier alpha value is -1.06. The van der Waals surface area contributed by atoms with Crippen molar-refractivity contribution in [3.63, 3.8) is 0 Å². The molecule has 0 aromatic heterocycles. The molecule has 1 N–H and O–H groups in total. The molecule has 0 unspecified atom stereocenters. The van der Waals surface area contributed by atoms with Gasteiger partial charge in [-0.2, -0.15) is 0 Å². The van der Waals surface area contributed by atoms with Gasteiger partial charge in [0.15, 0.2) is 0 Å². The third-order valence-electron chi connectivity index (χ3n) is 1.43. The van der Waals surface area contributed by atoms with Crippen LogP contribution in [0.3, 0.4) is 0 Å². The van der Waals surface area contributed by atoms with E-state index in [1.165, 1.54) is 0 Å². The van der Waals surface area contributed by atoms with Gasteiger partial charge in [0.1, 0.15) is 0 Å². The zero-order valence-corrected chi connectivity index (χ0v) is 8.26. The van der Waals surface area contributed by atoms with Gasteiger partial charge in [-0.1, -0.05) is 6.92 Å². The van der Waals surface area contributed by atoms with Gasteiger partial charge < -0.3 is 10.1 Å². The Morgan fingerprint density at radius 1 is 1.23 bits per heavy atom. The number of carbonyl (C=O) groups is 2. The summed E-state index contributed by atoms with van der Waals surface area (Å²) < 4.78 is 4.69. The predicted molar refractivity (Wildman–Crippen MR) is 49.2 cm³/mol. The first kappa shape index (κ1) is 11.9. The van der Waals surface area contributed by atoms with E-state index in [0.717, 1.165) is 6.42 Å². The highest BCUT2D eigenvalue weighted by atomic mass is 16.5. The monoisotopic (exact) mass is 187 g/mol. The van der Waals surface area contributed by atoms with Crippen LogP contribution < -0.4 is 5.32 Å². The Morgan fingerprint density at radius 2 is 1.92 bits per heavy atom. The number of ether oxygens (including phenoxy) is 1. The lowest BCUT2D eigenvalue weighted by Gasteiger charge is -2.03. The van der Waals surface area contributed by atoms with Gasteiger partial charge in [0.2, 0.25) is 5.91 Å². The molecule has 0 aromatic carbocycles. The Balaban J connectivity index is 3.33. The molecule has 0 aliphatic carbocycles. The van der Waals surface area contributed by atoms with Crippen molar-refractivity contribution in [2.24, 2.45) is 0 Å². The average Bonchev–Trinajstić information content (AvgIpc) is 2.05. The standard InChI is InChI=1S/C9H17NO3/c1-3-5-8(11)10-7-6-9(12)13-4-2/h3-7H2,1-2H3,(H,10,11). The van der Waals surface area contributed by atoms with Gasteiger partial charge in [-0.15, -0.1) is 0 Å². The van der Waals surface area contributed by atoms with Crippen LogP contribution in [0.2, 0.25) is 0 Å². The van der Waals surface area contributed by atoms with Gasteiger partial charge in [0.25, 0.3) is 0 Å². The first-order valence-corrected chi connectivity index (χ1v) is 4.63. The summed E-state index contributed by atoms with van der Waals surface area (Å²) in [7, 11) is 0. The number of carbonyl (C=O) groups excluding carboxylic acids is 2. The van der Waals surface area contributed by atoms with Gasteiger partial charge >= 0.3 is 5.97 Å². The molecule has 0 radical (unpaired) electrons. The summed E-state index contributed by atoms with van der Waals surface area (Å²) in [5.41, 5.74) is 0. The van der Waals surface area contributed by atoms with Gasteiger partial charge in [-0.25, -0.2) is 0 Å². The van der Waals surface area contributed by atoms with E-state index in [4.69, 9.17) is 4.74 Å². The first-order valence-electron chi connectivity index (χ1n) is 4.63. The van der Waals surface area contributed by atoms with E-state index in [0.29, 0.717) is 19.6 Å². The second-order valence-electron chi connectivity index (χ2n) is 2.65. The van der Waals surface area contributed by atoms with E-state index in [2.05, 4.69) is 5.32 Å². The first-order chi connectivity index (χ1) is 6.20. The topological polar surface area (TPSA) is 55.4 Å². The van der Waals surface area contributed by atoms with Crippen molar-refractivity contribution >= 4 is 11.9 Å². The lowest BCUT2D eigenvalue weighted by molar-refractivity contribution is -0.143. The highest BCUT2D eigenvalue weighted by Gasteiger charge is 2.02. The fourth-order valence-corrected chi connectivity index (χ4v) is 0.853. The zero-order chi connectivity index (χ0) is 10.1. The molecule has 76 valence electrons. The molecule has 0 spiro atoms. The SMILES string of the molecule is CCCC(=O)NCCC(=O)OCC. The second kappa shape index (κ2) is 7.58. The zero-order valence-electron chi connectivity index (χ0n) is 8.26. The van der Waals surface area contributed by atoms with Crippen molar-refractivity contribution in [3.8, 4) is 0 Å². The quantitative estimate of drug-likeness (QED) is 0.627. The molecule has 13 heavy (non-hydrogen) atoms. The molecule has 1 amide bonds. The number of nitrogens with one attached hydrogen (secondary N) is 1. The number of rotatable bonds is 6. The summed E-state index contributed by atoms with van der Waals surface area (Å²) in [6.07, 6.45) is 1.59. The number of hydrogen-bond acceptors (Lipinski definition) is 3. The van der Waals surface area contributed by atoms with Crippen LogP contribution >= 0.6 is 0 Å². The van der Waals surface area contributed by atoms with Gasteiger partial charge in [-0.3, -0.25) is 9.59 Å². The van der Waals surface area contributed by atoms with Gasteiger partial charge in [0, 0.05) is 13.0 Å². The van der Waals surface area contributed by atoms with Crippen LogP contribution in [0.4, 0.5) is 0 Å². The lowest BCUT2D eigenvalue weighted by atomic mass is 10.3. The Bertz CT molecular complexity index is 150. The van der Waals surface area contributed by atoms with Crippen LogP contribution in [0, 0.1) is 0 Å². The minimum atomic E-state index is -0.265. The minimum absolute atomic E-state index is 0.00759. The summed E-state index contributed by atoms with van der Waals surface area (Å²) in [5, 5.41) is 2.63. The molecule has 4 heteroatoms. The fraction of sp³-hybridized carbons (Fsp3) is 0.778. The third-order valence-corrected chi connectivity index (χ3v) is 1.43. The highest BCUT2D eigenvalue weighted by Crippen LogP contribution is 1.87. The molecule has 0 bridgehead atoms. The van der Waals surface area contributed by atoms with E-state index in [-0.39, 0.29) is 18.3 Å². The molecule has 0 atom stereocenters. The number of esters is 1. The van der Waals surface area contributed by atoms with Crippen molar-refractivity contribution in [1.29, 1.82) is 0 Å². The predicted octanol–water partition coefficient (Wildman–Crippen LogP) is 0.856. The molecule has 0 saturated carbocycles. The number of hydrogen-bond donors (Lipinski definition) is 1.